The second-order valence-corrected chi connectivity index (χ2v) is 4.61. The summed E-state index contributed by atoms with van der Waals surface area (Å²) in [5.41, 5.74) is 0. The monoisotopic (exact) mass is 233 g/mol. The van der Waals surface area contributed by atoms with Gasteiger partial charge in [-0.15, -0.1) is 11.8 Å². The molecule has 1 saturated heterocycles. The number of thioether (sulfide) groups is 1. The highest BCUT2D eigenvalue weighted by molar-refractivity contribution is 8.01. The van der Waals surface area contributed by atoms with Gasteiger partial charge in [-0.3, -0.25) is 9.59 Å². The van der Waals surface area contributed by atoms with E-state index in [1.165, 1.54) is 0 Å². The van der Waals surface area contributed by atoms with Crippen molar-refractivity contribution in [3.8, 4) is 0 Å². The zero-order chi connectivity index (χ0) is 11.3. The number of morpholine rings is 1. The van der Waals surface area contributed by atoms with E-state index in [-0.39, 0.29) is 16.9 Å². The van der Waals surface area contributed by atoms with Gasteiger partial charge in [0.25, 0.3) is 0 Å². The van der Waals surface area contributed by atoms with Crippen LogP contribution < -0.4 is 0 Å². The van der Waals surface area contributed by atoms with Gasteiger partial charge in [-0.25, -0.2) is 0 Å². The minimum atomic E-state index is -0.887. The number of carbonyl (C=O) groups excluding carboxylic acids is 1. The lowest BCUT2D eigenvalue weighted by Gasteiger charge is -2.28. The summed E-state index contributed by atoms with van der Waals surface area (Å²) in [6.07, 6.45) is 0. The van der Waals surface area contributed by atoms with Crippen LogP contribution in [0.5, 0.6) is 0 Å². The number of carboxylic acids is 1. The molecule has 0 aromatic heterocycles. The second kappa shape index (κ2) is 5.97. The Hall–Kier alpha value is -0.750. The van der Waals surface area contributed by atoms with Crippen LogP contribution in [0.2, 0.25) is 0 Å². The van der Waals surface area contributed by atoms with Gasteiger partial charge in [-0.2, -0.15) is 0 Å². The van der Waals surface area contributed by atoms with Crippen LogP contribution in [-0.2, 0) is 14.3 Å². The van der Waals surface area contributed by atoms with Gasteiger partial charge in [0.1, 0.15) is 0 Å². The molecule has 0 saturated carbocycles. The van der Waals surface area contributed by atoms with E-state index in [9.17, 15) is 9.59 Å². The first kappa shape index (κ1) is 12.3. The van der Waals surface area contributed by atoms with E-state index in [0.29, 0.717) is 26.3 Å². The van der Waals surface area contributed by atoms with E-state index in [0.717, 1.165) is 11.8 Å². The summed E-state index contributed by atoms with van der Waals surface area (Å²) >= 11 is 1.15. The Bertz CT molecular complexity index is 240. The van der Waals surface area contributed by atoms with Crippen molar-refractivity contribution >= 4 is 23.6 Å². The SMILES string of the molecule is CC(SCC(=O)O)C(=O)N1CCOCC1. The van der Waals surface area contributed by atoms with Gasteiger partial charge in [0.15, 0.2) is 0 Å². The number of carboxylic acid groups (broad SMARTS) is 1. The number of nitrogens with zero attached hydrogens (tertiary/aromatic N) is 1. The van der Waals surface area contributed by atoms with Gasteiger partial charge in [0.2, 0.25) is 5.91 Å². The first-order chi connectivity index (χ1) is 7.11. The van der Waals surface area contributed by atoms with Crippen molar-refractivity contribution in [1.29, 1.82) is 0 Å². The van der Waals surface area contributed by atoms with E-state index < -0.39 is 5.97 Å². The van der Waals surface area contributed by atoms with Crippen LogP contribution in [-0.4, -0.2) is 59.2 Å². The van der Waals surface area contributed by atoms with Crippen LogP contribution in [0.3, 0.4) is 0 Å². The molecule has 86 valence electrons. The van der Waals surface area contributed by atoms with Gasteiger partial charge >= 0.3 is 5.97 Å². The highest BCUT2D eigenvalue weighted by Crippen LogP contribution is 2.14. The van der Waals surface area contributed by atoms with Gasteiger partial charge < -0.3 is 14.7 Å². The van der Waals surface area contributed by atoms with Crippen LogP contribution in [0.15, 0.2) is 0 Å². The van der Waals surface area contributed by atoms with Crippen LogP contribution in [0.1, 0.15) is 6.92 Å². The Morgan fingerprint density at radius 3 is 2.60 bits per heavy atom. The summed E-state index contributed by atoms with van der Waals surface area (Å²) < 4.78 is 5.13. The molecule has 0 aromatic rings. The lowest BCUT2D eigenvalue weighted by atomic mass is 10.3. The van der Waals surface area contributed by atoms with Crippen molar-refractivity contribution in [2.45, 2.75) is 12.2 Å². The molecule has 1 amide bonds. The number of carbonyl (C=O) groups is 2. The molecule has 1 aliphatic rings. The molecule has 0 spiro atoms. The minimum absolute atomic E-state index is 0.00421. The standard InChI is InChI=1S/C9H15NO4S/c1-7(15-6-8(11)12)9(13)10-2-4-14-5-3-10/h7H,2-6H2,1H3,(H,11,12). The van der Waals surface area contributed by atoms with Crippen LogP contribution in [0.4, 0.5) is 0 Å². The van der Waals surface area contributed by atoms with Gasteiger partial charge in [-0.05, 0) is 6.92 Å². The number of ether oxygens (including phenoxy) is 1. The van der Waals surface area contributed by atoms with Crippen molar-refractivity contribution in [3.63, 3.8) is 0 Å². The topological polar surface area (TPSA) is 66.8 Å². The molecule has 0 aromatic carbocycles. The summed E-state index contributed by atoms with van der Waals surface area (Å²) in [5, 5.41) is 8.20. The molecule has 0 bridgehead atoms. The molecule has 5 nitrogen and oxygen atoms in total. The van der Waals surface area contributed by atoms with E-state index in [1.807, 2.05) is 0 Å². The highest BCUT2D eigenvalue weighted by atomic mass is 32.2. The Morgan fingerprint density at radius 1 is 1.47 bits per heavy atom. The minimum Gasteiger partial charge on any atom is -0.481 e. The molecule has 1 aliphatic heterocycles. The first-order valence-corrected chi connectivity index (χ1v) is 5.86. The van der Waals surface area contributed by atoms with Crippen molar-refractivity contribution in [2.75, 3.05) is 32.1 Å². The maximum absolute atomic E-state index is 11.8. The molecule has 15 heavy (non-hydrogen) atoms. The molecule has 1 heterocycles. The molecule has 6 heteroatoms. The third-order valence-electron chi connectivity index (χ3n) is 2.13. The van der Waals surface area contributed by atoms with E-state index in [2.05, 4.69) is 0 Å². The fraction of sp³-hybridized carbons (Fsp3) is 0.778. The predicted molar refractivity (Wildman–Crippen MR) is 57.0 cm³/mol. The highest BCUT2D eigenvalue weighted by Gasteiger charge is 2.23. The van der Waals surface area contributed by atoms with Crippen molar-refractivity contribution in [2.24, 2.45) is 0 Å². The normalized spacial score (nSPS) is 18.6. The fourth-order valence-electron chi connectivity index (χ4n) is 1.31. The molecule has 1 unspecified atom stereocenters. The van der Waals surface area contributed by atoms with Crippen molar-refractivity contribution < 1.29 is 19.4 Å². The summed E-state index contributed by atoms with van der Waals surface area (Å²) in [5.74, 6) is -0.914. The Balaban J connectivity index is 2.33. The first-order valence-electron chi connectivity index (χ1n) is 4.81. The molecule has 0 radical (unpaired) electrons. The third-order valence-corrected chi connectivity index (χ3v) is 3.24. The smallest absolute Gasteiger partial charge is 0.313 e. The van der Waals surface area contributed by atoms with Crippen LogP contribution in [0.25, 0.3) is 0 Å². The maximum Gasteiger partial charge on any atom is 0.313 e. The van der Waals surface area contributed by atoms with E-state index in [4.69, 9.17) is 9.84 Å². The van der Waals surface area contributed by atoms with Crippen LogP contribution in [0, 0.1) is 0 Å². The average Bonchev–Trinajstić information content (AvgIpc) is 2.26. The summed E-state index contributed by atoms with van der Waals surface area (Å²) in [6, 6.07) is 0. The molecular weight excluding hydrogens is 218 g/mol. The summed E-state index contributed by atoms with van der Waals surface area (Å²) in [6.45, 7) is 4.10. The Labute approximate surface area is 92.8 Å². The second-order valence-electron chi connectivity index (χ2n) is 3.28. The summed E-state index contributed by atoms with van der Waals surface area (Å²) in [4.78, 5) is 23.8. The lowest BCUT2D eigenvalue weighted by molar-refractivity contribution is -0.134. The number of hydrogen-bond acceptors (Lipinski definition) is 4. The Morgan fingerprint density at radius 2 is 2.07 bits per heavy atom. The number of rotatable bonds is 4. The zero-order valence-electron chi connectivity index (χ0n) is 8.64. The van der Waals surface area contributed by atoms with Gasteiger partial charge in [0, 0.05) is 13.1 Å². The number of amides is 1. The quantitative estimate of drug-likeness (QED) is 0.743. The lowest BCUT2D eigenvalue weighted by Crippen LogP contribution is -2.44. The van der Waals surface area contributed by atoms with Crippen molar-refractivity contribution in [3.05, 3.63) is 0 Å². The molecule has 1 rings (SSSR count). The molecule has 1 fully saturated rings. The number of hydrogen-bond donors (Lipinski definition) is 1. The number of aliphatic carboxylic acids is 1. The predicted octanol–water partition coefficient (Wildman–Crippen LogP) is 0.0515. The van der Waals surface area contributed by atoms with Crippen molar-refractivity contribution in [1.82, 2.24) is 4.90 Å². The zero-order valence-corrected chi connectivity index (χ0v) is 9.46. The van der Waals surface area contributed by atoms with Crippen LogP contribution >= 0.6 is 11.8 Å². The largest absolute Gasteiger partial charge is 0.481 e. The third kappa shape index (κ3) is 4.09. The molecule has 0 aliphatic carbocycles. The van der Waals surface area contributed by atoms with E-state index >= 15 is 0 Å². The maximum atomic E-state index is 11.8. The van der Waals surface area contributed by atoms with Gasteiger partial charge in [-0.1, -0.05) is 0 Å². The Kier molecular flexibility index (Phi) is 4.90. The molecular formula is C9H15NO4S. The average molecular weight is 233 g/mol. The van der Waals surface area contributed by atoms with Gasteiger partial charge in [0.05, 0.1) is 24.2 Å². The molecule has 1 atom stereocenters. The molecule has 1 N–H and O–H groups in total. The summed E-state index contributed by atoms with van der Waals surface area (Å²) in [7, 11) is 0. The van der Waals surface area contributed by atoms with E-state index in [1.54, 1.807) is 11.8 Å². The fourth-order valence-corrected chi connectivity index (χ4v) is 1.99.